The molecule has 1 N–H and O–H groups in total. The van der Waals surface area contributed by atoms with Gasteiger partial charge in [-0.25, -0.2) is 5.53 Å². The van der Waals surface area contributed by atoms with Crippen LogP contribution in [0.4, 0.5) is 0 Å². The highest BCUT2D eigenvalue weighted by molar-refractivity contribution is 5.74. The van der Waals surface area contributed by atoms with Gasteiger partial charge in [-0.05, 0) is 129 Å². The molecule has 1 heterocycles. The standard InChI is InChI=1S/C30H48N2O2/c1-20(18-22-13-17-34-28(22)33)25-9-10-26-24-8-7-23-19-21(6-4-5-16-32-31)11-14-29(23,2)27(24)12-15-30(25,26)3/h4,6,20-27,31H,5,7-19H2,1-3H3/b6-4+,32-31?/t20-,21+,22?,23+,24?,25?,26?,27?,29+,30-/m1/s1. The third kappa shape index (κ3) is 4.19. The lowest BCUT2D eigenvalue weighted by Crippen LogP contribution is -2.53. The molecule has 34 heavy (non-hydrogen) atoms. The van der Waals surface area contributed by atoms with E-state index in [2.05, 4.69) is 38.0 Å². The number of nitrogens with zero attached hydrogens (tertiary/aromatic N) is 1. The Morgan fingerprint density at radius 2 is 1.85 bits per heavy atom. The summed E-state index contributed by atoms with van der Waals surface area (Å²) in [5, 5.41) is 3.49. The molecule has 1 aliphatic heterocycles. The molecular weight excluding hydrogens is 420 g/mol. The van der Waals surface area contributed by atoms with Crippen LogP contribution in [-0.2, 0) is 9.53 Å². The van der Waals surface area contributed by atoms with Gasteiger partial charge in [0.25, 0.3) is 0 Å². The Morgan fingerprint density at radius 3 is 2.62 bits per heavy atom. The van der Waals surface area contributed by atoms with Crippen LogP contribution in [0.25, 0.3) is 0 Å². The quantitative estimate of drug-likeness (QED) is 0.179. The first-order valence-electron chi connectivity index (χ1n) is 14.5. The smallest absolute Gasteiger partial charge is 0.309 e. The van der Waals surface area contributed by atoms with Gasteiger partial charge in [0, 0.05) is 0 Å². The Balaban J connectivity index is 1.25. The number of ether oxygens (including phenoxy) is 1. The molecule has 5 aliphatic rings. The second-order valence-electron chi connectivity index (χ2n) is 13.4. The highest BCUT2D eigenvalue weighted by atomic mass is 16.5. The fourth-order valence-corrected chi connectivity index (χ4v) is 10.2. The van der Waals surface area contributed by atoms with E-state index in [-0.39, 0.29) is 11.9 Å². The second-order valence-corrected chi connectivity index (χ2v) is 13.4. The summed E-state index contributed by atoms with van der Waals surface area (Å²) in [7, 11) is 0. The minimum absolute atomic E-state index is 0.0679. The van der Waals surface area contributed by atoms with E-state index >= 15 is 0 Å². The van der Waals surface area contributed by atoms with Crippen molar-refractivity contribution < 1.29 is 9.53 Å². The zero-order chi connectivity index (χ0) is 23.9. The van der Waals surface area contributed by atoms with Crippen LogP contribution in [0, 0.1) is 63.7 Å². The van der Waals surface area contributed by atoms with Crippen molar-refractivity contribution in [1.29, 1.82) is 5.53 Å². The first-order chi connectivity index (χ1) is 16.4. The van der Waals surface area contributed by atoms with Crippen LogP contribution in [0.1, 0.15) is 97.8 Å². The molecule has 10 atom stereocenters. The van der Waals surface area contributed by atoms with Crippen LogP contribution in [0.3, 0.4) is 0 Å². The lowest BCUT2D eigenvalue weighted by Gasteiger charge is -2.61. The predicted octanol–water partition coefficient (Wildman–Crippen LogP) is 7.83. The molecule has 4 aliphatic carbocycles. The van der Waals surface area contributed by atoms with Gasteiger partial charge in [-0.2, -0.15) is 5.11 Å². The van der Waals surface area contributed by atoms with Crippen molar-refractivity contribution in [1.82, 2.24) is 0 Å². The molecular formula is C30H48N2O2. The molecule has 4 saturated carbocycles. The van der Waals surface area contributed by atoms with Crippen LogP contribution >= 0.6 is 0 Å². The van der Waals surface area contributed by atoms with E-state index in [0.717, 1.165) is 54.8 Å². The van der Waals surface area contributed by atoms with Crippen molar-refractivity contribution in [3.8, 4) is 0 Å². The van der Waals surface area contributed by atoms with E-state index in [1.165, 1.54) is 57.8 Å². The van der Waals surface area contributed by atoms with Crippen molar-refractivity contribution in [3.63, 3.8) is 0 Å². The summed E-state index contributed by atoms with van der Waals surface area (Å²) in [4.78, 5) is 12.1. The number of carbonyl (C=O) groups is 1. The van der Waals surface area contributed by atoms with Crippen LogP contribution < -0.4 is 0 Å². The summed E-state index contributed by atoms with van der Waals surface area (Å²) < 4.78 is 5.28. The highest BCUT2D eigenvalue weighted by Gasteiger charge is 2.60. The van der Waals surface area contributed by atoms with Crippen LogP contribution in [0.2, 0.25) is 0 Å². The summed E-state index contributed by atoms with van der Waals surface area (Å²) in [6.45, 7) is 9.05. The van der Waals surface area contributed by atoms with Gasteiger partial charge in [0.2, 0.25) is 0 Å². The lowest BCUT2D eigenvalue weighted by atomic mass is 9.44. The van der Waals surface area contributed by atoms with Gasteiger partial charge >= 0.3 is 5.97 Å². The number of carbonyl (C=O) groups excluding carboxylic acids is 1. The maximum Gasteiger partial charge on any atom is 0.309 e. The van der Waals surface area contributed by atoms with Crippen LogP contribution in [-0.4, -0.2) is 19.1 Å². The number of hydrogen-bond acceptors (Lipinski definition) is 4. The molecule has 5 rings (SSSR count). The van der Waals surface area contributed by atoms with Crippen molar-refractivity contribution in [2.45, 2.75) is 97.8 Å². The topological polar surface area (TPSA) is 62.5 Å². The Morgan fingerprint density at radius 1 is 1.06 bits per heavy atom. The van der Waals surface area contributed by atoms with Crippen molar-refractivity contribution in [3.05, 3.63) is 12.2 Å². The van der Waals surface area contributed by atoms with Gasteiger partial charge in [-0.3, -0.25) is 4.79 Å². The minimum Gasteiger partial charge on any atom is -0.465 e. The fourth-order valence-electron chi connectivity index (χ4n) is 10.2. The molecule has 4 nitrogen and oxygen atoms in total. The van der Waals surface area contributed by atoms with Gasteiger partial charge < -0.3 is 4.74 Å². The number of fused-ring (bicyclic) bond motifs is 5. The van der Waals surface area contributed by atoms with Gasteiger partial charge in [0.05, 0.1) is 19.1 Å². The highest BCUT2D eigenvalue weighted by Crippen LogP contribution is 2.68. The molecule has 5 fully saturated rings. The van der Waals surface area contributed by atoms with Crippen LogP contribution in [0.15, 0.2) is 17.3 Å². The first kappa shape index (κ1) is 24.5. The average molecular weight is 469 g/mol. The molecule has 0 spiro atoms. The molecule has 190 valence electrons. The number of hydrogen-bond donors (Lipinski definition) is 1. The molecule has 0 aromatic carbocycles. The molecule has 0 amide bonds. The van der Waals surface area contributed by atoms with Gasteiger partial charge in [-0.15, -0.1) is 0 Å². The largest absolute Gasteiger partial charge is 0.465 e. The molecule has 5 unspecified atom stereocenters. The van der Waals surface area contributed by atoms with E-state index in [0.29, 0.717) is 29.9 Å². The number of rotatable bonds is 7. The predicted molar refractivity (Wildman–Crippen MR) is 135 cm³/mol. The Hall–Kier alpha value is -1.19. The monoisotopic (exact) mass is 468 g/mol. The molecule has 0 aromatic heterocycles. The third-order valence-electron chi connectivity index (χ3n) is 12.0. The summed E-state index contributed by atoms with van der Waals surface area (Å²) >= 11 is 0. The zero-order valence-corrected chi connectivity index (χ0v) is 21.9. The van der Waals surface area contributed by atoms with E-state index < -0.39 is 0 Å². The molecule has 4 heteroatoms. The number of cyclic esters (lactones) is 1. The van der Waals surface area contributed by atoms with Crippen LogP contribution in [0.5, 0.6) is 0 Å². The SMILES string of the molecule is C[C@H](CC1CCOC1=O)C1CCC2C3CC[C@H]4C[C@@H](/C=C/CCN=N)CC[C@]4(C)C3CC[C@@]21C. The summed E-state index contributed by atoms with van der Waals surface area (Å²) in [5.74, 6) is 6.05. The van der Waals surface area contributed by atoms with Gasteiger partial charge in [0.1, 0.15) is 0 Å². The lowest BCUT2D eigenvalue weighted by molar-refractivity contribution is -0.142. The van der Waals surface area contributed by atoms with Crippen molar-refractivity contribution in [2.75, 3.05) is 13.2 Å². The maximum atomic E-state index is 12.1. The Bertz CT molecular complexity index is 795. The number of esters is 1. The second kappa shape index (κ2) is 9.69. The maximum absolute atomic E-state index is 12.1. The van der Waals surface area contributed by atoms with E-state index in [9.17, 15) is 4.79 Å². The average Bonchev–Trinajstić information content (AvgIpc) is 3.39. The first-order valence-corrected chi connectivity index (χ1v) is 14.5. The van der Waals surface area contributed by atoms with E-state index in [1.807, 2.05) is 0 Å². The molecule has 0 radical (unpaired) electrons. The summed E-state index contributed by atoms with van der Waals surface area (Å²) in [6.07, 6.45) is 20.3. The summed E-state index contributed by atoms with van der Waals surface area (Å²) in [5.41, 5.74) is 8.01. The third-order valence-corrected chi connectivity index (χ3v) is 12.0. The normalized spacial score (nSPS) is 47.0. The minimum atomic E-state index is 0.0679. The molecule has 0 aromatic rings. The van der Waals surface area contributed by atoms with Gasteiger partial charge in [0.15, 0.2) is 0 Å². The zero-order valence-electron chi connectivity index (χ0n) is 21.9. The Labute approximate surface area is 207 Å². The molecule has 0 bridgehead atoms. The summed E-state index contributed by atoms with van der Waals surface area (Å²) in [6, 6.07) is 0. The Kier molecular flexibility index (Phi) is 6.99. The number of allylic oxidation sites excluding steroid dienone is 1. The molecule has 1 saturated heterocycles. The van der Waals surface area contributed by atoms with Crippen molar-refractivity contribution >= 4 is 5.97 Å². The van der Waals surface area contributed by atoms with Crippen molar-refractivity contribution in [2.24, 2.45) is 63.3 Å². The van der Waals surface area contributed by atoms with E-state index in [4.69, 9.17) is 10.3 Å². The van der Waals surface area contributed by atoms with Gasteiger partial charge in [-0.1, -0.05) is 32.9 Å². The number of nitrogens with one attached hydrogen (secondary N) is 1. The van der Waals surface area contributed by atoms with E-state index in [1.54, 1.807) is 0 Å². The fraction of sp³-hybridized carbons (Fsp3) is 0.900.